The second-order valence-electron chi connectivity index (χ2n) is 4.61. The minimum atomic E-state index is -0.310. The van der Waals surface area contributed by atoms with Gasteiger partial charge in [0.15, 0.2) is 0 Å². The summed E-state index contributed by atoms with van der Waals surface area (Å²) in [5.41, 5.74) is 1.28. The zero-order valence-electron chi connectivity index (χ0n) is 10.3. The Hall–Kier alpha value is -0.830. The fourth-order valence-electron chi connectivity index (χ4n) is 2.10. The third-order valence-electron chi connectivity index (χ3n) is 3.06. The number of hydrogen-bond donors (Lipinski definition) is 1. The average molecular weight is 281 g/mol. The van der Waals surface area contributed by atoms with Crippen molar-refractivity contribution >= 4 is 22.9 Å². The van der Waals surface area contributed by atoms with Crippen molar-refractivity contribution in [2.24, 2.45) is 0 Å². The van der Waals surface area contributed by atoms with E-state index in [1.807, 2.05) is 30.3 Å². The molecule has 0 saturated carbocycles. The van der Waals surface area contributed by atoms with E-state index >= 15 is 0 Å². The van der Waals surface area contributed by atoms with Crippen LogP contribution in [0.15, 0.2) is 42.5 Å². The topological polar surface area (TPSA) is 20.2 Å². The largest absolute Gasteiger partial charge is 0.393 e. The van der Waals surface area contributed by atoms with E-state index in [9.17, 15) is 5.11 Å². The normalized spacial score (nSPS) is 14.4. The highest BCUT2D eigenvalue weighted by atomic mass is 35.5. The van der Waals surface area contributed by atoms with Gasteiger partial charge in [0.05, 0.1) is 10.4 Å². The lowest BCUT2D eigenvalue weighted by Crippen LogP contribution is -2.13. The minimum absolute atomic E-state index is 0.310. The van der Waals surface area contributed by atoms with Crippen LogP contribution < -0.4 is 0 Å². The van der Waals surface area contributed by atoms with E-state index in [0.29, 0.717) is 12.3 Å². The number of rotatable bonds is 5. The summed E-state index contributed by atoms with van der Waals surface area (Å²) in [5.74, 6) is 0.372. The van der Waals surface area contributed by atoms with Gasteiger partial charge in [-0.2, -0.15) is 0 Å². The molecule has 0 aliphatic heterocycles. The number of thiophene rings is 1. The number of hydrogen-bond acceptors (Lipinski definition) is 2. The summed E-state index contributed by atoms with van der Waals surface area (Å²) in [6.07, 6.45) is 1.16. The Bertz CT molecular complexity index is 480. The number of benzene rings is 1. The molecular weight excluding hydrogens is 264 g/mol. The Morgan fingerprint density at radius 2 is 1.89 bits per heavy atom. The quantitative estimate of drug-likeness (QED) is 0.855. The lowest BCUT2D eigenvalue weighted by Gasteiger charge is -2.16. The first-order chi connectivity index (χ1) is 8.65. The highest BCUT2D eigenvalue weighted by Crippen LogP contribution is 2.26. The first kappa shape index (κ1) is 13.6. The SMILES string of the molecule is CC(CC(O)Cc1ccc(Cl)s1)c1ccccc1. The van der Waals surface area contributed by atoms with Crippen LogP contribution in [0.4, 0.5) is 0 Å². The number of aliphatic hydroxyl groups excluding tert-OH is 1. The van der Waals surface area contributed by atoms with E-state index in [-0.39, 0.29) is 6.10 Å². The molecule has 1 heterocycles. The van der Waals surface area contributed by atoms with Crippen molar-refractivity contribution in [3.05, 3.63) is 57.2 Å². The van der Waals surface area contributed by atoms with Crippen LogP contribution in [-0.4, -0.2) is 11.2 Å². The zero-order chi connectivity index (χ0) is 13.0. The molecule has 0 fully saturated rings. The van der Waals surface area contributed by atoms with Crippen LogP contribution in [0.3, 0.4) is 0 Å². The zero-order valence-corrected chi connectivity index (χ0v) is 11.9. The average Bonchev–Trinajstić information content (AvgIpc) is 2.75. The molecule has 0 radical (unpaired) electrons. The van der Waals surface area contributed by atoms with Crippen molar-refractivity contribution in [3.8, 4) is 0 Å². The Labute approximate surface area is 117 Å². The second-order valence-corrected chi connectivity index (χ2v) is 6.41. The van der Waals surface area contributed by atoms with E-state index in [2.05, 4.69) is 19.1 Å². The molecule has 1 aromatic heterocycles. The summed E-state index contributed by atoms with van der Waals surface area (Å²) in [5, 5.41) is 10.1. The summed E-state index contributed by atoms with van der Waals surface area (Å²) >= 11 is 7.43. The van der Waals surface area contributed by atoms with Gasteiger partial charge in [-0.1, -0.05) is 48.9 Å². The smallest absolute Gasteiger partial charge is 0.0931 e. The molecule has 2 aromatic rings. The molecular formula is C15H17ClOS. The number of aliphatic hydroxyl groups is 1. The van der Waals surface area contributed by atoms with Crippen molar-refractivity contribution in [2.75, 3.05) is 0 Å². The molecule has 1 nitrogen and oxygen atoms in total. The molecule has 1 aromatic carbocycles. The van der Waals surface area contributed by atoms with Gasteiger partial charge in [0.1, 0.15) is 0 Å². The van der Waals surface area contributed by atoms with Crippen LogP contribution in [0.5, 0.6) is 0 Å². The second kappa shape index (κ2) is 6.37. The molecule has 96 valence electrons. The molecule has 18 heavy (non-hydrogen) atoms. The van der Waals surface area contributed by atoms with Gasteiger partial charge in [0, 0.05) is 11.3 Å². The van der Waals surface area contributed by atoms with Gasteiger partial charge < -0.3 is 5.11 Å². The summed E-state index contributed by atoms with van der Waals surface area (Å²) in [6.45, 7) is 2.15. The van der Waals surface area contributed by atoms with Crippen LogP contribution in [0.25, 0.3) is 0 Å². The fraction of sp³-hybridized carbons (Fsp3) is 0.333. The van der Waals surface area contributed by atoms with Crippen LogP contribution >= 0.6 is 22.9 Å². The molecule has 2 unspecified atom stereocenters. The fourth-order valence-corrected chi connectivity index (χ4v) is 3.26. The van der Waals surface area contributed by atoms with Crippen molar-refractivity contribution in [2.45, 2.75) is 31.8 Å². The summed E-state index contributed by atoms with van der Waals surface area (Å²) in [6, 6.07) is 14.2. The van der Waals surface area contributed by atoms with Crippen molar-refractivity contribution in [1.82, 2.24) is 0 Å². The monoisotopic (exact) mass is 280 g/mol. The molecule has 0 saturated heterocycles. The molecule has 0 aliphatic rings. The molecule has 1 N–H and O–H groups in total. The number of halogens is 1. The maximum absolute atomic E-state index is 10.1. The summed E-state index contributed by atoms with van der Waals surface area (Å²) in [7, 11) is 0. The Morgan fingerprint density at radius 3 is 2.50 bits per heavy atom. The van der Waals surface area contributed by atoms with Gasteiger partial charge >= 0.3 is 0 Å². The maximum Gasteiger partial charge on any atom is 0.0931 e. The highest BCUT2D eigenvalue weighted by Gasteiger charge is 2.13. The molecule has 0 aliphatic carbocycles. The Morgan fingerprint density at radius 1 is 1.17 bits per heavy atom. The Kier molecular flexibility index (Phi) is 4.81. The van der Waals surface area contributed by atoms with E-state index < -0.39 is 0 Å². The van der Waals surface area contributed by atoms with E-state index in [1.165, 1.54) is 5.56 Å². The standard InChI is InChI=1S/C15H17ClOS/c1-11(12-5-3-2-4-6-12)9-13(17)10-14-7-8-15(16)18-14/h2-8,11,13,17H,9-10H2,1H3. The van der Waals surface area contributed by atoms with Crippen molar-refractivity contribution in [1.29, 1.82) is 0 Å². The summed E-state index contributed by atoms with van der Waals surface area (Å²) < 4.78 is 0.785. The van der Waals surface area contributed by atoms with Gasteiger partial charge in [-0.3, -0.25) is 0 Å². The first-order valence-electron chi connectivity index (χ1n) is 6.12. The molecule has 0 spiro atoms. The lowest BCUT2D eigenvalue weighted by atomic mass is 9.94. The van der Waals surface area contributed by atoms with Gasteiger partial charge in [0.2, 0.25) is 0 Å². The van der Waals surface area contributed by atoms with Gasteiger partial charge in [-0.25, -0.2) is 0 Å². The minimum Gasteiger partial charge on any atom is -0.393 e. The molecule has 0 amide bonds. The van der Waals surface area contributed by atoms with Crippen LogP contribution in [0.1, 0.15) is 29.7 Å². The molecule has 2 atom stereocenters. The van der Waals surface area contributed by atoms with E-state index in [4.69, 9.17) is 11.6 Å². The van der Waals surface area contributed by atoms with Crippen LogP contribution in [-0.2, 0) is 6.42 Å². The van der Waals surface area contributed by atoms with Crippen LogP contribution in [0, 0.1) is 0 Å². The highest BCUT2D eigenvalue weighted by molar-refractivity contribution is 7.16. The molecule has 2 rings (SSSR count). The van der Waals surface area contributed by atoms with E-state index in [0.717, 1.165) is 15.6 Å². The third kappa shape index (κ3) is 3.84. The van der Waals surface area contributed by atoms with Crippen LogP contribution in [0.2, 0.25) is 4.34 Å². The molecule has 3 heteroatoms. The van der Waals surface area contributed by atoms with E-state index in [1.54, 1.807) is 11.3 Å². The van der Waals surface area contributed by atoms with Gasteiger partial charge in [0.25, 0.3) is 0 Å². The Balaban J connectivity index is 1.89. The van der Waals surface area contributed by atoms with Crippen molar-refractivity contribution < 1.29 is 5.11 Å². The lowest BCUT2D eigenvalue weighted by molar-refractivity contribution is 0.158. The molecule has 0 bridgehead atoms. The third-order valence-corrected chi connectivity index (χ3v) is 4.31. The van der Waals surface area contributed by atoms with Gasteiger partial charge in [-0.15, -0.1) is 11.3 Å². The van der Waals surface area contributed by atoms with Crippen molar-refractivity contribution in [3.63, 3.8) is 0 Å². The van der Waals surface area contributed by atoms with Gasteiger partial charge in [-0.05, 0) is 30.0 Å². The first-order valence-corrected chi connectivity index (χ1v) is 7.32. The predicted molar refractivity (Wildman–Crippen MR) is 78.5 cm³/mol. The summed E-state index contributed by atoms with van der Waals surface area (Å²) in [4.78, 5) is 1.15. The maximum atomic E-state index is 10.1. The predicted octanol–water partition coefficient (Wildman–Crippen LogP) is 4.50.